The lowest BCUT2D eigenvalue weighted by Crippen LogP contribution is -3.00. The molecule has 0 spiro atoms. The molecule has 1 rings (SSSR count). The molecule has 0 aliphatic carbocycles. The van der Waals surface area contributed by atoms with Crippen LogP contribution in [0.4, 0.5) is 0 Å². The van der Waals surface area contributed by atoms with Gasteiger partial charge >= 0.3 is 5.97 Å². The average Bonchev–Trinajstić information content (AvgIpc) is 2.83. The van der Waals surface area contributed by atoms with Crippen LogP contribution >= 0.6 is 15.9 Å². The van der Waals surface area contributed by atoms with Crippen LogP contribution in [0, 0.1) is 0 Å². The van der Waals surface area contributed by atoms with Crippen LogP contribution < -0.4 is 24.0 Å². The van der Waals surface area contributed by atoms with Gasteiger partial charge < -0.3 is 37.6 Å². The molecule has 4 nitrogen and oxygen atoms in total. The largest absolute Gasteiger partial charge is 1.00 e. The molecule has 1 aromatic heterocycles. The quantitative estimate of drug-likeness (QED) is 0.338. The highest BCUT2D eigenvalue weighted by atomic mass is 127. The van der Waals surface area contributed by atoms with Crippen LogP contribution in [0.3, 0.4) is 0 Å². The molecule has 6 heteroatoms. The first-order valence-electron chi connectivity index (χ1n) is 6.70. The van der Waals surface area contributed by atoms with Crippen molar-refractivity contribution < 1.29 is 42.4 Å². The molecule has 116 valence electrons. The van der Waals surface area contributed by atoms with Crippen molar-refractivity contribution in [1.29, 1.82) is 0 Å². The molecule has 0 saturated heterocycles. The summed E-state index contributed by atoms with van der Waals surface area (Å²) in [6, 6.07) is 3.29. The number of hydrogen-bond donors (Lipinski definition) is 0. The normalized spacial score (nSPS) is 12.7. The van der Waals surface area contributed by atoms with Crippen LogP contribution in [-0.2, 0) is 4.74 Å². The van der Waals surface area contributed by atoms with Crippen molar-refractivity contribution in [2.45, 2.75) is 33.3 Å². The highest BCUT2D eigenvalue weighted by Gasteiger charge is 2.20. The van der Waals surface area contributed by atoms with Gasteiger partial charge in [0.25, 0.3) is 0 Å². The molecule has 1 unspecified atom stereocenters. The van der Waals surface area contributed by atoms with Crippen molar-refractivity contribution in [1.82, 2.24) is 0 Å². The monoisotopic (exact) mass is 459 g/mol. The Morgan fingerprint density at radius 1 is 1.40 bits per heavy atom. The SMILES string of the molecule is CC[N+](C)(CC)CCC(C)OC(=O)c1ccc(Br)o1.[I-]. The fourth-order valence-electron chi connectivity index (χ4n) is 1.76. The summed E-state index contributed by atoms with van der Waals surface area (Å²) < 4.78 is 12.1. The molecule has 1 heterocycles. The van der Waals surface area contributed by atoms with Crippen molar-refractivity contribution in [3.05, 3.63) is 22.6 Å². The molecule has 20 heavy (non-hydrogen) atoms. The summed E-state index contributed by atoms with van der Waals surface area (Å²) in [6.45, 7) is 9.46. The highest BCUT2D eigenvalue weighted by Crippen LogP contribution is 2.16. The molecule has 1 aromatic rings. The Hall–Kier alpha value is -0.0800. The fraction of sp³-hybridized carbons (Fsp3) is 0.643. The Morgan fingerprint density at radius 3 is 2.45 bits per heavy atom. The zero-order valence-corrected chi connectivity index (χ0v) is 16.2. The van der Waals surface area contributed by atoms with Crippen molar-refractivity contribution >= 4 is 21.9 Å². The maximum Gasteiger partial charge on any atom is 0.374 e. The zero-order valence-electron chi connectivity index (χ0n) is 12.5. The summed E-state index contributed by atoms with van der Waals surface area (Å²) in [6.07, 6.45) is 0.748. The van der Waals surface area contributed by atoms with Crippen molar-refractivity contribution in [3.63, 3.8) is 0 Å². The Labute approximate surface area is 146 Å². The smallest absolute Gasteiger partial charge is 0.374 e. The summed E-state index contributed by atoms with van der Waals surface area (Å²) in [5.74, 6) is -0.164. The van der Waals surface area contributed by atoms with E-state index in [1.54, 1.807) is 12.1 Å². The van der Waals surface area contributed by atoms with Gasteiger partial charge in [0.1, 0.15) is 6.10 Å². The number of carbonyl (C=O) groups is 1. The van der Waals surface area contributed by atoms with Gasteiger partial charge in [0, 0.05) is 6.42 Å². The minimum Gasteiger partial charge on any atom is -1.00 e. The van der Waals surface area contributed by atoms with Gasteiger partial charge in [-0.25, -0.2) is 4.79 Å². The van der Waals surface area contributed by atoms with E-state index < -0.39 is 5.97 Å². The Bertz CT molecular complexity index is 418. The third-order valence-electron chi connectivity index (χ3n) is 3.68. The Kier molecular flexibility index (Phi) is 9.01. The Balaban J connectivity index is 0.00000361. The second kappa shape index (κ2) is 9.04. The summed E-state index contributed by atoms with van der Waals surface area (Å²) in [5, 5.41) is 0. The minimum atomic E-state index is -0.402. The standard InChI is InChI=1S/C14H23BrNO3.HI/c1-5-16(4,6-2)10-9-11(3)18-14(17)12-7-8-13(15)19-12;/h7-8,11H,5-6,9-10H2,1-4H3;1H/q+1;/p-1. The van der Waals surface area contributed by atoms with Crippen LogP contribution in [0.1, 0.15) is 37.7 Å². The molecule has 0 radical (unpaired) electrons. The fourth-order valence-corrected chi connectivity index (χ4v) is 2.06. The number of carbonyl (C=O) groups excluding carboxylic acids is 1. The maximum atomic E-state index is 11.8. The number of rotatable bonds is 7. The molecular weight excluding hydrogens is 437 g/mol. The lowest BCUT2D eigenvalue weighted by molar-refractivity contribution is -0.906. The zero-order chi connectivity index (χ0) is 14.5. The van der Waals surface area contributed by atoms with Crippen molar-refractivity contribution in [3.8, 4) is 0 Å². The van der Waals surface area contributed by atoms with Crippen molar-refractivity contribution in [2.24, 2.45) is 0 Å². The van der Waals surface area contributed by atoms with Crippen LogP contribution in [0.2, 0.25) is 0 Å². The van der Waals surface area contributed by atoms with Gasteiger partial charge in [0.15, 0.2) is 4.67 Å². The molecular formula is C14H23BrINO3. The number of furan rings is 1. The van der Waals surface area contributed by atoms with Gasteiger partial charge in [0.05, 0.1) is 26.7 Å². The summed E-state index contributed by atoms with van der Waals surface area (Å²) in [5.41, 5.74) is 0. The van der Waals surface area contributed by atoms with E-state index in [0.717, 1.165) is 30.5 Å². The highest BCUT2D eigenvalue weighted by molar-refractivity contribution is 9.10. The molecule has 0 N–H and O–H groups in total. The number of quaternary nitrogens is 1. The van der Waals surface area contributed by atoms with Gasteiger partial charge in [-0.2, -0.15) is 0 Å². The van der Waals surface area contributed by atoms with Crippen LogP contribution in [0.5, 0.6) is 0 Å². The molecule has 0 aliphatic heterocycles. The van der Waals surface area contributed by atoms with Gasteiger partial charge in [-0.05, 0) is 48.8 Å². The van der Waals surface area contributed by atoms with E-state index in [1.807, 2.05) is 6.92 Å². The third kappa shape index (κ3) is 6.13. The van der Waals surface area contributed by atoms with Crippen LogP contribution in [-0.4, -0.2) is 43.2 Å². The first kappa shape index (κ1) is 19.9. The van der Waals surface area contributed by atoms with Crippen LogP contribution in [0.15, 0.2) is 21.2 Å². The molecule has 0 aliphatic rings. The molecule has 0 bridgehead atoms. The summed E-state index contributed by atoms with van der Waals surface area (Å²) in [7, 11) is 2.22. The molecule has 0 saturated carbocycles. The first-order valence-corrected chi connectivity index (χ1v) is 7.49. The molecule has 1 atom stereocenters. The predicted octanol–water partition coefficient (Wildman–Crippen LogP) is 0.468. The van der Waals surface area contributed by atoms with E-state index in [9.17, 15) is 4.79 Å². The Morgan fingerprint density at radius 2 is 2.00 bits per heavy atom. The number of nitrogens with zero attached hydrogens (tertiary/aromatic N) is 1. The second-order valence-corrected chi connectivity index (χ2v) is 5.87. The van der Waals surface area contributed by atoms with Gasteiger partial charge in [0.2, 0.25) is 5.76 Å². The van der Waals surface area contributed by atoms with E-state index in [0.29, 0.717) is 4.67 Å². The predicted molar refractivity (Wildman–Crippen MR) is 78.0 cm³/mol. The van der Waals surface area contributed by atoms with E-state index >= 15 is 0 Å². The summed E-state index contributed by atoms with van der Waals surface area (Å²) >= 11 is 3.17. The lowest BCUT2D eigenvalue weighted by atomic mass is 10.2. The number of halogens is 2. The van der Waals surface area contributed by atoms with E-state index in [-0.39, 0.29) is 35.8 Å². The minimum absolute atomic E-state index is 0. The second-order valence-electron chi connectivity index (χ2n) is 5.08. The number of esters is 1. The van der Waals surface area contributed by atoms with Crippen LogP contribution in [0.25, 0.3) is 0 Å². The van der Waals surface area contributed by atoms with E-state index in [1.165, 1.54) is 0 Å². The van der Waals surface area contributed by atoms with Crippen molar-refractivity contribution in [2.75, 3.05) is 26.7 Å². The maximum absolute atomic E-state index is 11.8. The third-order valence-corrected chi connectivity index (χ3v) is 4.11. The lowest BCUT2D eigenvalue weighted by Gasteiger charge is -2.32. The topological polar surface area (TPSA) is 39.4 Å². The van der Waals surface area contributed by atoms with E-state index in [2.05, 4.69) is 36.8 Å². The molecule has 0 aromatic carbocycles. The average molecular weight is 460 g/mol. The molecule has 0 fully saturated rings. The van der Waals surface area contributed by atoms with Gasteiger partial charge in [-0.3, -0.25) is 0 Å². The molecule has 0 amide bonds. The van der Waals surface area contributed by atoms with Gasteiger partial charge in [-0.15, -0.1) is 0 Å². The summed E-state index contributed by atoms with van der Waals surface area (Å²) in [4.78, 5) is 11.8. The van der Waals surface area contributed by atoms with Gasteiger partial charge in [-0.1, -0.05) is 0 Å². The van der Waals surface area contributed by atoms with E-state index in [4.69, 9.17) is 9.15 Å². The first-order chi connectivity index (χ1) is 8.90. The number of ether oxygens (including phenoxy) is 1. The number of hydrogen-bond acceptors (Lipinski definition) is 3.